The fourth-order valence-corrected chi connectivity index (χ4v) is 2.30. The van der Waals surface area contributed by atoms with Crippen LogP contribution in [0.2, 0.25) is 0 Å². The fraction of sp³-hybridized carbons (Fsp3) is 0.562. The zero-order valence-electron chi connectivity index (χ0n) is 13.2. The van der Waals surface area contributed by atoms with Crippen LogP contribution in [0.15, 0.2) is 18.2 Å². The van der Waals surface area contributed by atoms with E-state index in [-0.39, 0.29) is 5.41 Å². The molecule has 116 valence electrons. The van der Waals surface area contributed by atoms with Crippen molar-refractivity contribution in [2.45, 2.75) is 44.6 Å². The highest BCUT2D eigenvalue weighted by atomic mass is 16.6. The number of nitrogens with two attached hydrogens (primary N) is 1. The summed E-state index contributed by atoms with van der Waals surface area (Å²) in [6, 6.07) is 5.79. The molecule has 1 amide bonds. The molecule has 1 aliphatic rings. The SMILES string of the molecule is COc1cc(C2(CN)CC2)ccc1NC(=O)OC(C)(C)C. The van der Waals surface area contributed by atoms with Crippen LogP contribution in [0.5, 0.6) is 5.75 Å². The Morgan fingerprint density at radius 3 is 2.52 bits per heavy atom. The van der Waals surface area contributed by atoms with Gasteiger partial charge in [-0.3, -0.25) is 5.32 Å². The Labute approximate surface area is 125 Å². The summed E-state index contributed by atoms with van der Waals surface area (Å²) in [6.07, 6.45) is 1.71. The van der Waals surface area contributed by atoms with Crippen molar-refractivity contribution in [3.05, 3.63) is 23.8 Å². The van der Waals surface area contributed by atoms with Gasteiger partial charge in [0.25, 0.3) is 0 Å². The molecular formula is C16H24N2O3. The highest BCUT2D eigenvalue weighted by Gasteiger charge is 2.43. The van der Waals surface area contributed by atoms with Gasteiger partial charge in [0.05, 0.1) is 12.8 Å². The first-order valence-electron chi connectivity index (χ1n) is 7.18. The first-order valence-corrected chi connectivity index (χ1v) is 7.18. The molecule has 2 rings (SSSR count). The average Bonchev–Trinajstić information content (AvgIpc) is 3.18. The van der Waals surface area contributed by atoms with Gasteiger partial charge in [0.1, 0.15) is 11.4 Å². The van der Waals surface area contributed by atoms with Crippen LogP contribution in [0, 0.1) is 0 Å². The summed E-state index contributed by atoms with van der Waals surface area (Å²) in [6.45, 7) is 6.11. The van der Waals surface area contributed by atoms with Gasteiger partial charge in [0, 0.05) is 12.0 Å². The van der Waals surface area contributed by atoms with Gasteiger partial charge in [0.2, 0.25) is 0 Å². The number of hydrogen-bond acceptors (Lipinski definition) is 4. The Balaban J connectivity index is 2.15. The summed E-state index contributed by atoms with van der Waals surface area (Å²) in [4.78, 5) is 11.8. The van der Waals surface area contributed by atoms with Crippen LogP contribution in [0.25, 0.3) is 0 Å². The summed E-state index contributed by atoms with van der Waals surface area (Å²) < 4.78 is 10.6. The summed E-state index contributed by atoms with van der Waals surface area (Å²) >= 11 is 0. The molecule has 1 aromatic carbocycles. The lowest BCUT2D eigenvalue weighted by Gasteiger charge is -2.21. The summed E-state index contributed by atoms with van der Waals surface area (Å²) in [5.74, 6) is 0.623. The number of nitrogens with one attached hydrogen (secondary N) is 1. The molecule has 5 nitrogen and oxygen atoms in total. The molecule has 1 aromatic rings. The monoisotopic (exact) mass is 292 g/mol. The number of anilines is 1. The van der Waals surface area contributed by atoms with Crippen molar-refractivity contribution in [1.82, 2.24) is 0 Å². The lowest BCUT2D eigenvalue weighted by atomic mass is 9.95. The van der Waals surface area contributed by atoms with Gasteiger partial charge in [-0.25, -0.2) is 4.79 Å². The average molecular weight is 292 g/mol. The largest absolute Gasteiger partial charge is 0.495 e. The maximum absolute atomic E-state index is 11.8. The predicted octanol–water partition coefficient (Wildman–Crippen LogP) is 3.03. The van der Waals surface area contributed by atoms with Crippen LogP contribution in [0.1, 0.15) is 39.2 Å². The van der Waals surface area contributed by atoms with E-state index in [0.29, 0.717) is 18.0 Å². The third kappa shape index (κ3) is 3.67. The van der Waals surface area contributed by atoms with Gasteiger partial charge >= 0.3 is 6.09 Å². The van der Waals surface area contributed by atoms with Crippen LogP contribution >= 0.6 is 0 Å². The molecule has 0 heterocycles. The Morgan fingerprint density at radius 2 is 2.05 bits per heavy atom. The molecule has 0 unspecified atom stereocenters. The maximum atomic E-state index is 11.8. The zero-order chi connectivity index (χ0) is 15.7. The molecule has 0 atom stereocenters. The lowest BCUT2D eigenvalue weighted by molar-refractivity contribution is 0.0635. The van der Waals surface area contributed by atoms with Gasteiger partial charge in [-0.15, -0.1) is 0 Å². The quantitative estimate of drug-likeness (QED) is 0.894. The molecule has 0 spiro atoms. The molecule has 0 saturated heterocycles. The minimum absolute atomic E-state index is 0.0950. The van der Waals surface area contributed by atoms with Crippen molar-refractivity contribution < 1.29 is 14.3 Å². The summed E-state index contributed by atoms with van der Waals surface area (Å²) in [7, 11) is 1.58. The van der Waals surface area contributed by atoms with Gasteiger partial charge < -0.3 is 15.2 Å². The van der Waals surface area contributed by atoms with Crippen LogP contribution in [0.3, 0.4) is 0 Å². The maximum Gasteiger partial charge on any atom is 0.412 e. The summed E-state index contributed by atoms with van der Waals surface area (Å²) in [5, 5.41) is 2.72. The molecule has 21 heavy (non-hydrogen) atoms. The normalized spacial score (nSPS) is 16.2. The molecule has 0 radical (unpaired) electrons. The van der Waals surface area contributed by atoms with Crippen molar-refractivity contribution in [2.24, 2.45) is 5.73 Å². The summed E-state index contributed by atoms with van der Waals surface area (Å²) in [5.41, 5.74) is 7.18. The molecule has 1 fully saturated rings. The van der Waals surface area contributed by atoms with Gasteiger partial charge in [-0.2, -0.15) is 0 Å². The number of benzene rings is 1. The third-order valence-electron chi connectivity index (χ3n) is 3.69. The van der Waals surface area contributed by atoms with E-state index in [1.807, 2.05) is 39.0 Å². The van der Waals surface area contributed by atoms with E-state index in [1.54, 1.807) is 7.11 Å². The molecule has 3 N–H and O–H groups in total. The Bertz CT molecular complexity index is 531. The standard InChI is InChI=1S/C16H24N2O3/c1-15(2,3)21-14(19)18-12-6-5-11(9-13(12)20-4)16(10-17)7-8-16/h5-6,9H,7-8,10,17H2,1-4H3,(H,18,19). The highest BCUT2D eigenvalue weighted by molar-refractivity contribution is 5.87. The number of hydrogen-bond donors (Lipinski definition) is 2. The van der Waals surface area contributed by atoms with Crippen molar-refractivity contribution in [3.8, 4) is 5.75 Å². The van der Waals surface area contributed by atoms with E-state index in [0.717, 1.165) is 18.4 Å². The molecule has 1 saturated carbocycles. The van der Waals surface area contributed by atoms with E-state index >= 15 is 0 Å². The van der Waals surface area contributed by atoms with Crippen LogP contribution in [-0.2, 0) is 10.2 Å². The van der Waals surface area contributed by atoms with E-state index in [1.165, 1.54) is 0 Å². The topological polar surface area (TPSA) is 73.6 Å². The zero-order valence-corrected chi connectivity index (χ0v) is 13.2. The number of rotatable bonds is 4. The second kappa shape index (κ2) is 5.56. The molecule has 0 aliphatic heterocycles. The van der Waals surface area contributed by atoms with Gasteiger partial charge in [0.15, 0.2) is 0 Å². The van der Waals surface area contributed by atoms with E-state index < -0.39 is 11.7 Å². The first-order chi connectivity index (χ1) is 9.79. The van der Waals surface area contributed by atoms with Crippen LogP contribution in [0.4, 0.5) is 10.5 Å². The number of carbonyl (C=O) groups excluding carboxylic acids is 1. The minimum Gasteiger partial charge on any atom is -0.495 e. The molecule has 0 bridgehead atoms. The van der Waals surface area contributed by atoms with E-state index in [2.05, 4.69) is 5.32 Å². The number of methoxy groups -OCH3 is 1. The molecule has 0 aromatic heterocycles. The van der Waals surface area contributed by atoms with Crippen molar-refractivity contribution in [1.29, 1.82) is 0 Å². The Morgan fingerprint density at radius 1 is 1.38 bits per heavy atom. The third-order valence-corrected chi connectivity index (χ3v) is 3.69. The number of carbonyl (C=O) groups is 1. The first kappa shape index (κ1) is 15.6. The smallest absolute Gasteiger partial charge is 0.412 e. The second-order valence-corrected chi connectivity index (χ2v) is 6.53. The lowest BCUT2D eigenvalue weighted by Crippen LogP contribution is -2.27. The Kier molecular flexibility index (Phi) is 4.14. The fourth-order valence-electron chi connectivity index (χ4n) is 2.30. The number of amides is 1. The van der Waals surface area contributed by atoms with Crippen molar-refractivity contribution >= 4 is 11.8 Å². The number of ether oxygens (including phenoxy) is 2. The van der Waals surface area contributed by atoms with Crippen LogP contribution < -0.4 is 15.8 Å². The van der Waals surface area contributed by atoms with Crippen molar-refractivity contribution in [3.63, 3.8) is 0 Å². The molecule has 5 heteroatoms. The molecule has 1 aliphatic carbocycles. The van der Waals surface area contributed by atoms with Gasteiger partial charge in [-0.05, 0) is 51.3 Å². The predicted molar refractivity (Wildman–Crippen MR) is 82.8 cm³/mol. The van der Waals surface area contributed by atoms with E-state index in [4.69, 9.17) is 15.2 Å². The van der Waals surface area contributed by atoms with Gasteiger partial charge in [-0.1, -0.05) is 6.07 Å². The molecular weight excluding hydrogens is 268 g/mol. The highest BCUT2D eigenvalue weighted by Crippen LogP contribution is 2.48. The minimum atomic E-state index is -0.533. The van der Waals surface area contributed by atoms with Crippen molar-refractivity contribution in [2.75, 3.05) is 19.0 Å². The Hall–Kier alpha value is -1.75. The second-order valence-electron chi connectivity index (χ2n) is 6.53. The van der Waals surface area contributed by atoms with Crippen LogP contribution in [-0.4, -0.2) is 25.3 Å². The van der Waals surface area contributed by atoms with E-state index in [9.17, 15) is 4.79 Å².